The van der Waals surface area contributed by atoms with Crippen molar-refractivity contribution in [3.8, 4) is 0 Å². The van der Waals surface area contributed by atoms with Crippen LogP contribution in [0.15, 0.2) is 0 Å². The van der Waals surface area contributed by atoms with Gasteiger partial charge in [-0.15, -0.1) is 0 Å². The average molecular weight is 234 g/mol. The number of hydrogen-bond acceptors (Lipinski definition) is 6. The average Bonchev–Trinajstić information content (AvgIpc) is 2.26. The molecule has 0 saturated heterocycles. The highest BCUT2D eigenvalue weighted by Crippen LogP contribution is 1.98. The van der Waals surface area contributed by atoms with Crippen molar-refractivity contribution in [2.45, 2.75) is 18.9 Å². The van der Waals surface area contributed by atoms with Crippen LogP contribution in [0.3, 0.4) is 0 Å². The first kappa shape index (κ1) is 14.4. The molecule has 0 aromatic heterocycles. The van der Waals surface area contributed by atoms with Crippen molar-refractivity contribution in [2.75, 3.05) is 19.8 Å². The van der Waals surface area contributed by atoms with E-state index in [2.05, 4.69) is 9.47 Å². The van der Waals surface area contributed by atoms with Crippen LogP contribution in [0.5, 0.6) is 0 Å². The molecule has 0 aliphatic rings. The highest BCUT2D eigenvalue weighted by atomic mass is 16.6. The van der Waals surface area contributed by atoms with Gasteiger partial charge in [0.25, 0.3) is 12.9 Å². The molecule has 0 aliphatic carbocycles. The Kier molecular flexibility index (Phi) is 8.90. The molecule has 0 aromatic carbocycles. The van der Waals surface area contributed by atoms with Gasteiger partial charge in [0, 0.05) is 13.0 Å². The Morgan fingerprint density at radius 1 is 1.19 bits per heavy atom. The third-order valence-electron chi connectivity index (χ3n) is 1.59. The predicted molar refractivity (Wildman–Crippen MR) is 50.6 cm³/mol. The van der Waals surface area contributed by atoms with E-state index in [9.17, 15) is 14.4 Å². The van der Waals surface area contributed by atoms with Crippen LogP contribution < -0.4 is 0 Å². The third-order valence-corrected chi connectivity index (χ3v) is 1.59. The number of rotatable bonds is 11. The summed E-state index contributed by atoms with van der Waals surface area (Å²) in [6, 6.07) is 0. The molecule has 0 amide bonds. The maximum absolute atomic E-state index is 10.2. The summed E-state index contributed by atoms with van der Waals surface area (Å²) in [7, 11) is 0. The zero-order valence-electron chi connectivity index (χ0n) is 8.66. The Balaban J connectivity index is 3.67. The quantitative estimate of drug-likeness (QED) is 0.383. The molecule has 0 spiro atoms. The molecule has 0 unspecified atom stereocenters. The molecule has 16 heavy (non-hydrogen) atoms. The topological polar surface area (TPSA) is 99.1 Å². The molecule has 1 N–H and O–H groups in total. The first-order valence-electron chi connectivity index (χ1n) is 4.64. The van der Waals surface area contributed by atoms with Crippen molar-refractivity contribution in [2.24, 2.45) is 0 Å². The molecule has 0 heterocycles. The normalized spacial score (nSPS) is 9.81. The number of ether oxygens (including phenoxy) is 3. The molecular formula is C9H14O7. The minimum absolute atomic E-state index is 0.00417. The van der Waals surface area contributed by atoms with Crippen LogP contribution in [0.4, 0.5) is 0 Å². The lowest BCUT2D eigenvalue weighted by Gasteiger charge is -2.15. The molecule has 0 aliphatic heterocycles. The van der Waals surface area contributed by atoms with Crippen LogP contribution >= 0.6 is 0 Å². The zero-order chi connectivity index (χ0) is 12.2. The van der Waals surface area contributed by atoms with E-state index in [0.29, 0.717) is 6.42 Å². The molecule has 0 bridgehead atoms. The van der Waals surface area contributed by atoms with Crippen LogP contribution in [-0.2, 0) is 28.6 Å². The summed E-state index contributed by atoms with van der Waals surface area (Å²) in [6.07, 6.45) is -0.228. The summed E-state index contributed by atoms with van der Waals surface area (Å²) in [4.78, 5) is 30.1. The maximum atomic E-state index is 10.2. The van der Waals surface area contributed by atoms with E-state index in [1.807, 2.05) is 0 Å². The van der Waals surface area contributed by atoms with Gasteiger partial charge >= 0.3 is 5.97 Å². The lowest BCUT2D eigenvalue weighted by atomic mass is 10.3. The van der Waals surface area contributed by atoms with E-state index in [0.717, 1.165) is 0 Å². The van der Waals surface area contributed by atoms with E-state index in [4.69, 9.17) is 9.84 Å². The Bertz CT molecular complexity index is 204. The number of hydrogen-bond donors (Lipinski definition) is 1. The molecule has 0 saturated carbocycles. The van der Waals surface area contributed by atoms with Gasteiger partial charge in [0.15, 0.2) is 0 Å². The summed E-state index contributed by atoms with van der Waals surface area (Å²) in [6.45, 7) is 0.638. The van der Waals surface area contributed by atoms with Gasteiger partial charge in [0.2, 0.25) is 0 Å². The fourth-order valence-corrected chi connectivity index (χ4v) is 0.911. The molecule has 0 atom stereocenters. The number of aliphatic carboxylic acids is 1. The molecule has 7 nitrogen and oxygen atoms in total. The fraction of sp³-hybridized carbons (Fsp3) is 0.667. The van der Waals surface area contributed by atoms with E-state index in [1.165, 1.54) is 0 Å². The Morgan fingerprint density at radius 2 is 1.75 bits per heavy atom. The van der Waals surface area contributed by atoms with Gasteiger partial charge in [-0.3, -0.25) is 14.4 Å². The van der Waals surface area contributed by atoms with Crippen molar-refractivity contribution in [1.29, 1.82) is 0 Å². The summed E-state index contributed by atoms with van der Waals surface area (Å²) < 4.78 is 14.1. The van der Waals surface area contributed by atoms with Gasteiger partial charge < -0.3 is 19.3 Å². The largest absolute Gasteiger partial charge is 0.481 e. The number of carbonyl (C=O) groups excluding carboxylic acids is 2. The second kappa shape index (κ2) is 9.91. The molecule has 7 heteroatoms. The van der Waals surface area contributed by atoms with E-state index < -0.39 is 12.1 Å². The van der Waals surface area contributed by atoms with E-state index in [-0.39, 0.29) is 39.2 Å². The minimum Gasteiger partial charge on any atom is -0.481 e. The van der Waals surface area contributed by atoms with Crippen molar-refractivity contribution in [1.82, 2.24) is 0 Å². The summed E-state index contributed by atoms with van der Waals surface area (Å²) in [5.41, 5.74) is 0. The van der Waals surface area contributed by atoms with Crippen LogP contribution in [0.1, 0.15) is 12.8 Å². The monoisotopic (exact) mass is 234 g/mol. The summed E-state index contributed by atoms with van der Waals surface area (Å²) in [5.74, 6) is -0.909. The molecule has 92 valence electrons. The molecule has 0 aromatic rings. The summed E-state index contributed by atoms with van der Waals surface area (Å²) >= 11 is 0. The van der Waals surface area contributed by atoms with Gasteiger partial charge in [0.1, 0.15) is 19.3 Å². The van der Waals surface area contributed by atoms with Gasteiger partial charge in [0.05, 0.1) is 0 Å². The summed E-state index contributed by atoms with van der Waals surface area (Å²) in [5, 5.41) is 8.36. The number of carboxylic acids is 1. The van der Waals surface area contributed by atoms with Gasteiger partial charge in [-0.2, -0.15) is 0 Å². The SMILES string of the molecule is O=COCC(COC=O)OCCCC(=O)O. The first-order valence-corrected chi connectivity index (χ1v) is 4.64. The fourth-order valence-electron chi connectivity index (χ4n) is 0.911. The third kappa shape index (κ3) is 8.95. The lowest BCUT2D eigenvalue weighted by Crippen LogP contribution is -2.26. The maximum Gasteiger partial charge on any atom is 0.303 e. The van der Waals surface area contributed by atoms with E-state index >= 15 is 0 Å². The van der Waals surface area contributed by atoms with Crippen LogP contribution in [-0.4, -0.2) is 49.9 Å². The standard InChI is InChI=1S/C9H14O7/c10-6-14-4-8(5-15-7-11)16-3-1-2-9(12)13/h6-8H,1-5H2,(H,12,13). The molecule has 0 radical (unpaired) electrons. The highest BCUT2D eigenvalue weighted by Gasteiger charge is 2.10. The van der Waals surface area contributed by atoms with Crippen LogP contribution in [0, 0.1) is 0 Å². The van der Waals surface area contributed by atoms with E-state index in [1.54, 1.807) is 0 Å². The van der Waals surface area contributed by atoms with Crippen molar-refractivity contribution < 1.29 is 33.7 Å². The number of carboxylic acid groups (broad SMARTS) is 1. The van der Waals surface area contributed by atoms with Crippen molar-refractivity contribution in [3.05, 3.63) is 0 Å². The highest BCUT2D eigenvalue weighted by molar-refractivity contribution is 5.66. The predicted octanol–water partition coefficient (Wildman–Crippen LogP) is -0.418. The molecule has 0 fully saturated rings. The Labute approximate surface area is 92.3 Å². The lowest BCUT2D eigenvalue weighted by molar-refractivity contribution is -0.140. The van der Waals surface area contributed by atoms with Crippen LogP contribution in [0.25, 0.3) is 0 Å². The van der Waals surface area contributed by atoms with Gasteiger partial charge in [-0.25, -0.2) is 0 Å². The smallest absolute Gasteiger partial charge is 0.303 e. The zero-order valence-corrected chi connectivity index (χ0v) is 8.66. The van der Waals surface area contributed by atoms with Gasteiger partial charge in [-0.05, 0) is 6.42 Å². The number of carbonyl (C=O) groups is 3. The Hall–Kier alpha value is -1.63. The van der Waals surface area contributed by atoms with Gasteiger partial charge in [-0.1, -0.05) is 0 Å². The molecule has 0 rings (SSSR count). The van der Waals surface area contributed by atoms with Crippen molar-refractivity contribution >= 4 is 18.9 Å². The van der Waals surface area contributed by atoms with Crippen LogP contribution in [0.2, 0.25) is 0 Å². The second-order valence-electron chi connectivity index (χ2n) is 2.85. The second-order valence-corrected chi connectivity index (χ2v) is 2.85. The minimum atomic E-state index is -0.909. The van der Waals surface area contributed by atoms with Crippen molar-refractivity contribution in [3.63, 3.8) is 0 Å². The Morgan fingerprint density at radius 3 is 2.19 bits per heavy atom. The first-order chi connectivity index (χ1) is 7.70. The molecular weight excluding hydrogens is 220 g/mol.